The molecule has 4 heteroatoms. The Bertz CT molecular complexity index is 946. The van der Waals surface area contributed by atoms with Crippen LogP contribution >= 0.6 is 0 Å². The van der Waals surface area contributed by atoms with Crippen LogP contribution in [0.25, 0.3) is 21.8 Å². The van der Waals surface area contributed by atoms with Crippen molar-refractivity contribution >= 4 is 27.6 Å². The molecule has 0 radical (unpaired) electrons. The molecule has 0 spiro atoms. The number of carbonyl (C=O) groups excluding carboxylic acids is 1. The highest BCUT2D eigenvalue weighted by Crippen LogP contribution is 2.23. The quantitative estimate of drug-likeness (QED) is 0.490. The summed E-state index contributed by atoms with van der Waals surface area (Å²) < 4.78 is 0. The zero-order chi connectivity index (χ0) is 14.4. The number of H-pyrrole nitrogens is 2. The Morgan fingerprint density at radius 2 is 1.48 bits per heavy atom. The first-order valence-electron chi connectivity index (χ1n) is 6.65. The summed E-state index contributed by atoms with van der Waals surface area (Å²) in [5.41, 5.74) is 2.82. The maximum Gasteiger partial charge on any atom is 0.225 e. The molecule has 2 aromatic carbocycles. The third kappa shape index (κ3) is 1.89. The molecule has 0 aliphatic heterocycles. The second-order valence-electron chi connectivity index (χ2n) is 5.05. The first kappa shape index (κ1) is 11.8. The SMILES string of the molecule is O=C(c1cc2ccccc2[nH]1)c1cc2cc(O)ccc2[nH]1. The van der Waals surface area contributed by atoms with Crippen molar-refractivity contribution in [1.29, 1.82) is 0 Å². The average molecular weight is 276 g/mol. The molecule has 0 saturated heterocycles. The summed E-state index contributed by atoms with van der Waals surface area (Å²) in [5.74, 6) is 0.0907. The molecule has 2 aromatic heterocycles. The second-order valence-corrected chi connectivity index (χ2v) is 5.05. The topological polar surface area (TPSA) is 68.9 Å². The smallest absolute Gasteiger partial charge is 0.225 e. The van der Waals surface area contributed by atoms with E-state index >= 15 is 0 Å². The van der Waals surface area contributed by atoms with E-state index in [-0.39, 0.29) is 11.5 Å². The molecule has 0 unspecified atom stereocenters. The molecule has 3 N–H and O–H groups in total. The number of phenolic OH excluding ortho intramolecular Hbond substituents is 1. The van der Waals surface area contributed by atoms with Crippen LogP contribution in [0, 0.1) is 0 Å². The lowest BCUT2D eigenvalue weighted by Crippen LogP contribution is -2.01. The normalized spacial score (nSPS) is 11.2. The lowest BCUT2D eigenvalue weighted by molar-refractivity contribution is 0.103. The molecule has 4 nitrogen and oxygen atoms in total. The number of hydrogen-bond donors (Lipinski definition) is 3. The first-order chi connectivity index (χ1) is 10.2. The highest BCUT2D eigenvalue weighted by atomic mass is 16.3. The van der Waals surface area contributed by atoms with Crippen LogP contribution in [0.2, 0.25) is 0 Å². The van der Waals surface area contributed by atoms with Gasteiger partial charge in [-0.25, -0.2) is 0 Å². The molecular formula is C17H12N2O2. The van der Waals surface area contributed by atoms with Gasteiger partial charge in [0.1, 0.15) is 5.75 Å². The van der Waals surface area contributed by atoms with Crippen molar-refractivity contribution in [3.63, 3.8) is 0 Å². The first-order valence-corrected chi connectivity index (χ1v) is 6.65. The van der Waals surface area contributed by atoms with Gasteiger partial charge in [-0.15, -0.1) is 0 Å². The third-order valence-electron chi connectivity index (χ3n) is 3.62. The van der Waals surface area contributed by atoms with Crippen LogP contribution in [0.3, 0.4) is 0 Å². The minimum absolute atomic E-state index is 0.0955. The number of para-hydroxylation sites is 1. The number of aromatic amines is 2. The molecule has 0 fully saturated rings. The Labute approximate surface area is 120 Å². The predicted molar refractivity (Wildman–Crippen MR) is 81.7 cm³/mol. The van der Waals surface area contributed by atoms with E-state index in [1.165, 1.54) is 0 Å². The molecule has 2 heterocycles. The van der Waals surface area contributed by atoms with Gasteiger partial charge in [-0.05, 0) is 36.4 Å². The van der Waals surface area contributed by atoms with Gasteiger partial charge >= 0.3 is 0 Å². The van der Waals surface area contributed by atoms with Gasteiger partial charge in [-0.3, -0.25) is 4.79 Å². The van der Waals surface area contributed by atoms with Gasteiger partial charge in [-0.2, -0.15) is 0 Å². The molecule has 0 amide bonds. The minimum Gasteiger partial charge on any atom is -0.508 e. The number of aromatic hydroxyl groups is 1. The van der Waals surface area contributed by atoms with Crippen molar-refractivity contribution in [2.75, 3.05) is 0 Å². The van der Waals surface area contributed by atoms with Crippen LogP contribution in [0.15, 0.2) is 54.6 Å². The molecular weight excluding hydrogens is 264 g/mol. The Morgan fingerprint density at radius 1 is 0.810 bits per heavy atom. The van der Waals surface area contributed by atoms with Crippen molar-refractivity contribution in [3.8, 4) is 5.75 Å². The van der Waals surface area contributed by atoms with Crippen LogP contribution in [-0.4, -0.2) is 20.9 Å². The van der Waals surface area contributed by atoms with Crippen LogP contribution < -0.4 is 0 Å². The predicted octanol–water partition coefficient (Wildman–Crippen LogP) is 3.59. The van der Waals surface area contributed by atoms with E-state index in [2.05, 4.69) is 9.97 Å². The van der Waals surface area contributed by atoms with E-state index in [0.717, 1.165) is 21.8 Å². The summed E-state index contributed by atoms with van der Waals surface area (Å²) in [6.45, 7) is 0. The molecule has 4 rings (SSSR count). The summed E-state index contributed by atoms with van der Waals surface area (Å²) in [6, 6.07) is 16.4. The van der Waals surface area contributed by atoms with Gasteiger partial charge in [-0.1, -0.05) is 18.2 Å². The number of benzene rings is 2. The Morgan fingerprint density at radius 3 is 2.24 bits per heavy atom. The molecule has 102 valence electrons. The van der Waals surface area contributed by atoms with E-state index in [4.69, 9.17) is 0 Å². The maximum absolute atomic E-state index is 12.5. The lowest BCUT2D eigenvalue weighted by Gasteiger charge is -1.93. The largest absolute Gasteiger partial charge is 0.508 e. The minimum atomic E-state index is -0.0955. The number of rotatable bonds is 2. The van der Waals surface area contributed by atoms with Gasteiger partial charge in [0.05, 0.1) is 11.4 Å². The highest BCUT2D eigenvalue weighted by Gasteiger charge is 2.14. The monoisotopic (exact) mass is 276 g/mol. The number of fused-ring (bicyclic) bond motifs is 2. The van der Waals surface area contributed by atoms with Gasteiger partial charge in [0.2, 0.25) is 5.78 Å². The second kappa shape index (κ2) is 4.24. The van der Waals surface area contributed by atoms with Crippen molar-refractivity contribution < 1.29 is 9.90 Å². The van der Waals surface area contributed by atoms with Gasteiger partial charge in [0.15, 0.2) is 0 Å². The summed E-state index contributed by atoms with van der Waals surface area (Å²) in [5, 5.41) is 11.3. The lowest BCUT2D eigenvalue weighted by atomic mass is 10.2. The fraction of sp³-hybridized carbons (Fsp3) is 0. The van der Waals surface area contributed by atoms with E-state index in [1.807, 2.05) is 30.3 Å². The Kier molecular flexibility index (Phi) is 2.38. The number of ketones is 1. The third-order valence-corrected chi connectivity index (χ3v) is 3.62. The van der Waals surface area contributed by atoms with Crippen molar-refractivity contribution in [1.82, 2.24) is 9.97 Å². The fourth-order valence-electron chi connectivity index (χ4n) is 2.58. The van der Waals surface area contributed by atoms with Gasteiger partial charge in [0, 0.05) is 21.8 Å². The number of nitrogens with one attached hydrogen (secondary N) is 2. The summed E-state index contributed by atoms with van der Waals surface area (Å²) in [7, 11) is 0. The van der Waals surface area contributed by atoms with Crippen LogP contribution in [0.5, 0.6) is 5.75 Å². The zero-order valence-electron chi connectivity index (χ0n) is 11.1. The number of hydrogen-bond acceptors (Lipinski definition) is 2. The van der Waals surface area contributed by atoms with E-state index in [9.17, 15) is 9.90 Å². The van der Waals surface area contributed by atoms with Crippen LogP contribution in [0.4, 0.5) is 0 Å². The molecule has 0 aliphatic rings. The fourth-order valence-corrected chi connectivity index (χ4v) is 2.58. The summed E-state index contributed by atoms with van der Waals surface area (Å²) >= 11 is 0. The summed E-state index contributed by atoms with van der Waals surface area (Å²) in [4.78, 5) is 18.8. The van der Waals surface area contributed by atoms with Crippen molar-refractivity contribution in [3.05, 3.63) is 66.0 Å². The van der Waals surface area contributed by atoms with Crippen LogP contribution in [-0.2, 0) is 0 Å². The number of phenols is 1. The molecule has 4 aromatic rings. The highest BCUT2D eigenvalue weighted by molar-refractivity contribution is 6.11. The van der Waals surface area contributed by atoms with Crippen molar-refractivity contribution in [2.24, 2.45) is 0 Å². The molecule has 0 saturated carbocycles. The average Bonchev–Trinajstić information content (AvgIpc) is 3.09. The van der Waals surface area contributed by atoms with Gasteiger partial charge < -0.3 is 15.1 Å². The van der Waals surface area contributed by atoms with E-state index in [0.29, 0.717) is 11.4 Å². The summed E-state index contributed by atoms with van der Waals surface area (Å²) in [6.07, 6.45) is 0. The maximum atomic E-state index is 12.5. The standard InChI is InChI=1S/C17H12N2O2/c20-12-5-6-14-11(7-12)9-16(19-14)17(21)15-8-10-3-1-2-4-13(10)18-15/h1-9,18-20H. The van der Waals surface area contributed by atoms with Crippen molar-refractivity contribution in [2.45, 2.75) is 0 Å². The Balaban J connectivity index is 1.81. The molecule has 0 atom stereocenters. The molecule has 21 heavy (non-hydrogen) atoms. The van der Waals surface area contributed by atoms with E-state index < -0.39 is 0 Å². The number of aromatic nitrogens is 2. The van der Waals surface area contributed by atoms with Crippen LogP contribution in [0.1, 0.15) is 16.2 Å². The van der Waals surface area contributed by atoms with Gasteiger partial charge in [0.25, 0.3) is 0 Å². The molecule has 0 bridgehead atoms. The Hall–Kier alpha value is -3.01. The van der Waals surface area contributed by atoms with E-state index in [1.54, 1.807) is 24.3 Å². The molecule has 0 aliphatic carbocycles. The number of carbonyl (C=O) groups is 1. The zero-order valence-corrected chi connectivity index (χ0v) is 11.1.